The quantitative estimate of drug-likeness (QED) is 0.395. The number of aromatic nitrogens is 1. The van der Waals surface area contributed by atoms with Gasteiger partial charge >= 0.3 is 0 Å². The topological polar surface area (TPSA) is 94.6 Å². The largest absolute Gasteiger partial charge is 0.481 e. The molecule has 0 saturated heterocycles. The Hall–Kier alpha value is -2.81. The van der Waals surface area contributed by atoms with Crippen LogP contribution in [0.4, 0.5) is 5.69 Å². The van der Waals surface area contributed by atoms with Gasteiger partial charge in [0, 0.05) is 11.8 Å². The summed E-state index contributed by atoms with van der Waals surface area (Å²) < 4.78 is 34.7. The molecule has 0 unspecified atom stereocenters. The fourth-order valence-corrected chi connectivity index (χ4v) is 4.38. The standard InChI is InChI=1S/C24H24Cl2N2O5S/c1-14(2)18-12-16(13-27-24(18)32-3)33-23-19(25)8-9-20(22(23)26)28-21(29)11-15-6-5-7-17(10-15)34(4,30)31/h5-10,12-14H,11H2,1-4H3,(H,28,29). The van der Waals surface area contributed by atoms with Crippen LogP contribution in [0, 0.1) is 0 Å². The van der Waals surface area contributed by atoms with E-state index >= 15 is 0 Å². The number of rotatable bonds is 8. The Kier molecular flexibility index (Phi) is 8.07. The molecule has 0 spiro atoms. The summed E-state index contributed by atoms with van der Waals surface area (Å²) in [6, 6.07) is 11.1. The van der Waals surface area contributed by atoms with Gasteiger partial charge in [0.2, 0.25) is 11.8 Å². The van der Waals surface area contributed by atoms with Crippen LogP contribution in [0.15, 0.2) is 53.6 Å². The lowest BCUT2D eigenvalue weighted by Gasteiger charge is -2.16. The number of nitrogens with zero attached hydrogens (tertiary/aromatic N) is 1. The second-order valence-corrected chi connectivity index (χ2v) is 10.7. The van der Waals surface area contributed by atoms with Crippen LogP contribution >= 0.6 is 23.2 Å². The molecular weight excluding hydrogens is 499 g/mol. The van der Waals surface area contributed by atoms with Crippen LogP contribution in [0.25, 0.3) is 0 Å². The molecule has 0 bridgehead atoms. The minimum absolute atomic E-state index is 0.0430. The molecule has 2 aromatic carbocycles. The van der Waals surface area contributed by atoms with Gasteiger partial charge in [-0.05, 0) is 41.8 Å². The van der Waals surface area contributed by atoms with Crippen molar-refractivity contribution < 1.29 is 22.7 Å². The number of carbonyl (C=O) groups excluding carboxylic acids is 1. The molecule has 1 N–H and O–H groups in total. The number of benzene rings is 2. The number of hydrogen-bond donors (Lipinski definition) is 1. The molecule has 10 heteroatoms. The SMILES string of the molecule is COc1ncc(Oc2c(Cl)ccc(NC(=O)Cc3cccc(S(C)(=O)=O)c3)c2Cl)cc1C(C)C. The second kappa shape index (κ2) is 10.6. The number of hydrogen-bond acceptors (Lipinski definition) is 6. The van der Waals surface area contributed by atoms with Crippen molar-refractivity contribution in [1.29, 1.82) is 0 Å². The molecule has 1 heterocycles. The third kappa shape index (κ3) is 6.20. The molecule has 3 aromatic rings. The van der Waals surface area contributed by atoms with E-state index in [2.05, 4.69) is 10.3 Å². The molecule has 0 aliphatic carbocycles. The number of carbonyl (C=O) groups is 1. The Morgan fingerprint density at radius 3 is 2.53 bits per heavy atom. The van der Waals surface area contributed by atoms with Crippen molar-refractivity contribution in [2.75, 3.05) is 18.7 Å². The fourth-order valence-electron chi connectivity index (χ4n) is 3.20. The molecule has 0 saturated carbocycles. The van der Waals surface area contributed by atoms with Crippen molar-refractivity contribution in [2.45, 2.75) is 31.1 Å². The van der Waals surface area contributed by atoms with Crippen molar-refractivity contribution >= 4 is 44.6 Å². The fraction of sp³-hybridized carbons (Fsp3) is 0.250. The zero-order valence-electron chi connectivity index (χ0n) is 19.1. The van der Waals surface area contributed by atoms with Gasteiger partial charge in [-0.3, -0.25) is 4.79 Å². The lowest BCUT2D eigenvalue weighted by atomic mass is 10.1. The maximum atomic E-state index is 12.6. The Morgan fingerprint density at radius 1 is 1.15 bits per heavy atom. The first kappa shape index (κ1) is 25.8. The van der Waals surface area contributed by atoms with Crippen molar-refractivity contribution in [3.63, 3.8) is 0 Å². The van der Waals surface area contributed by atoms with Crippen LogP contribution in [-0.2, 0) is 21.1 Å². The first-order valence-electron chi connectivity index (χ1n) is 10.3. The highest BCUT2D eigenvalue weighted by molar-refractivity contribution is 7.90. The molecule has 7 nitrogen and oxygen atoms in total. The molecule has 0 radical (unpaired) electrons. The van der Waals surface area contributed by atoms with Gasteiger partial charge in [-0.15, -0.1) is 0 Å². The summed E-state index contributed by atoms with van der Waals surface area (Å²) in [5.41, 5.74) is 1.71. The van der Waals surface area contributed by atoms with E-state index in [9.17, 15) is 13.2 Å². The first-order valence-corrected chi connectivity index (χ1v) is 12.9. The summed E-state index contributed by atoms with van der Waals surface area (Å²) in [7, 11) is -1.83. The number of anilines is 1. The summed E-state index contributed by atoms with van der Waals surface area (Å²) in [4.78, 5) is 17.0. The van der Waals surface area contributed by atoms with Gasteiger partial charge in [-0.1, -0.05) is 49.2 Å². The average molecular weight is 523 g/mol. The van der Waals surface area contributed by atoms with Crippen molar-refractivity contribution in [3.05, 3.63) is 69.8 Å². The van der Waals surface area contributed by atoms with Crippen molar-refractivity contribution in [1.82, 2.24) is 4.98 Å². The van der Waals surface area contributed by atoms with Crippen LogP contribution in [0.2, 0.25) is 10.0 Å². The normalized spacial score (nSPS) is 11.4. The number of halogens is 2. The number of nitrogens with one attached hydrogen (secondary N) is 1. The highest BCUT2D eigenvalue weighted by atomic mass is 35.5. The molecule has 1 aromatic heterocycles. The number of ether oxygens (including phenoxy) is 2. The predicted octanol–water partition coefficient (Wildman–Crippen LogP) is 5.90. The van der Waals surface area contributed by atoms with Crippen LogP contribution < -0.4 is 14.8 Å². The zero-order valence-corrected chi connectivity index (χ0v) is 21.4. The Morgan fingerprint density at radius 2 is 1.88 bits per heavy atom. The summed E-state index contributed by atoms with van der Waals surface area (Å²) in [6.45, 7) is 4.01. The molecule has 1 amide bonds. The van der Waals surface area contributed by atoms with Crippen molar-refractivity contribution in [2.24, 2.45) is 0 Å². The van der Waals surface area contributed by atoms with Gasteiger partial charge in [-0.25, -0.2) is 13.4 Å². The zero-order chi connectivity index (χ0) is 25.0. The second-order valence-electron chi connectivity index (χ2n) is 7.91. The number of methoxy groups -OCH3 is 1. The molecule has 180 valence electrons. The Balaban J connectivity index is 1.82. The minimum atomic E-state index is -3.38. The third-order valence-corrected chi connectivity index (χ3v) is 6.69. The van der Waals surface area contributed by atoms with Gasteiger partial charge in [0.15, 0.2) is 15.6 Å². The Bertz CT molecular complexity index is 1330. The summed E-state index contributed by atoms with van der Waals surface area (Å²) >= 11 is 12.8. The van der Waals surface area contributed by atoms with Gasteiger partial charge in [-0.2, -0.15) is 0 Å². The van der Waals surface area contributed by atoms with Gasteiger partial charge in [0.1, 0.15) is 10.8 Å². The van der Waals surface area contributed by atoms with E-state index in [1.54, 1.807) is 37.4 Å². The molecular formula is C24H24Cl2N2O5S. The maximum absolute atomic E-state index is 12.6. The van der Waals surface area contributed by atoms with E-state index in [1.807, 2.05) is 13.8 Å². The van der Waals surface area contributed by atoms with E-state index in [0.29, 0.717) is 22.9 Å². The smallest absolute Gasteiger partial charge is 0.228 e. The highest BCUT2D eigenvalue weighted by Crippen LogP contribution is 2.41. The van der Waals surface area contributed by atoms with Gasteiger partial charge in [0.25, 0.3) is 0 Å². The third-order valence-electron chi connectivity index (χ3n) is 4.90. The molecule has 0 fully saturated rings. The van der Waals surface area contributed by atoms with E-state index < -0.39 is 9.84 Å². The average Bonchev–Trinajstić information content (AvgIpc) is 2.78. The number of pyridine rings is 1. The predicted molar refractivity (Wildman–Crippen MR) is 133 cm³/mol. The van der Waals surface area contributed by atoms with E-state index in [4.69, 9.17) is 32.7 Å². The van der Waals surface area contributed by atoms with Crippen LogP contribution in [-0.4, -0.2) is 32.7 Å². The first-order chi connectivity index (χ1) is 16.0. The van der Waals surface area contributed by atoms with E-state index in [-0.39, 0.29) is 38.9 Å². The summed E-state index contributed by atoms with van der Waals surface area (Å²) in [6.07, 6.45) is 2.57. The lowest BCUT2D eigenvalue weighted by molar-refractivity contribution is -0.115. The van der Waals surface area contributed by atoms with E-state index in [1.165, 1.54) is 18.3 Å². The lowest BCUT2D eigenvalue weighted by Crippen LogP contribution is -2.15. The molecule has 0 aliphatic rings. The van der Waals surface area contributed by atoms with Gasteiger partial charge in [0.05, 0.1) is 35.3 Å². The molecule has 0 atom stereocenters. The van der Waals surface area contributed by atoms with Crippen LogP contribution in [0.1, 0.15) is 30.9 Å². The Labute approximate surface area is 208 Å². The number of amides is 1. The maximum Gasteiger partial charge on any atom is 0.228 e. The highest BCUT2D eigenvalue weighted by Gasteiger charge is 2.18. The van der Waals surface area contributed by atoms with Crippen molar-refractivity contribution in [3.8, 4) is 17.4 Å². The van der Waals surface area contributed by atoms with Crippen LogP contribution in [0.5, 0.6) is 17.4 Å². The molecule has 0 aliphatic heterocycles. The summed E-state index contributed by atoms with van der Waals surface area (Å²) in [5.74, 6) is 0.842. The molecule has 34 heavy (non-hydrogen) atoms. The van der Waals surface area contributed by atoms with E-state index in [0.717, 1.165) is 11.8 Å². The monoisotopic (exact) mass is 522 g/mol. The van der Waals surface area contributed by atoms with Crippen LogP contribution in [0.3, 0.4) is 0 Å². The van der Waals surface area contributed by atoms with Gasteiger partial charge < -0.3 is 14.8 Å². The minimum Gasteiger partial charge on any atom is -0.481 e. The number of sulfone groups is 1. The molecule has 3 rings (SSSR count). The summed E-state index contributed by atoms with van der Waals surface area (Å²) in [5, 5.41) is 3.10.